The molecule has 3 aliphatic rings. The van der Waals surface area contributed by atoms with Crippen LogP contribution in [0.5, 0.6) is 0 Å². The second-order valence-corrected chi connectivity index (χ2v) is 9.67. The topological polar surface area (TPSA) is 78.6 Å². The monoisotopic (exact) mass is 524 g/mol. The highest BCUT2D eigenvalue weighted by Gasteiger charge is 2.40. The molecule has 0 bridgehead atoms. The van der Waals surface area contributed by atoms with Gasteiger partial charge in [-0.15, -0.1) is 0 Å². The zero-order chi connectivity index (χ0) is 26.4. The van der Waals surface area contributed by atoms with Gasteiger partial charge in [-0.25, -0.2) is 9.98 Å². The van der Waals surface area contributed by atoms with E-state index in [1.807, 2.05) is 0 Å². The van der Waals surface area contributed by atoms with Crippen molar-refractivity contribution >= 4 is 17.3 Å². The van der Waals surface area contributed by atoms with E-state index in [1.165, 1.54) is 24.4 Å². The lowest BCUT2D eigenvalue weighted by Gasteiger charge is -2.35. The van der Waals surface area contributed by atoms with E-state index >= 15 is 0 Å². The van der Waals surface area contributed by atoms with Crippen LogP contribution in [0.3, 0.4) is 0 Å². The van der Waals surface area contributed by atoms with Crippen molar-refractivity contribution in [3.63, 3.8) is 0 Å². The van der Waals surface area contributed by atoms with E-state index in [2.05, 4.69) is 15.6 Å². The minimum Gasteiger partial charge on any atom is -0.355 e. The number of aliphatic imine (C=N–C) groups is 1. The number of aromatic nitrogens is 1. The average molecular weight is 525 g/mol. The summed E-state index contributed by atoms with van der Waals surface area (Å²) in [6.45, 7) is 0.521. The first kappa shape index (κ1) is 25.4. The van der Waals surface area contributed by atoms with Gasteiger partial charge in [0.05, 0.1) is 11.1 Å². The standard InChI is InChI=1S/C25H26F6N6/c26-24(27,28)16-5-7-17(8-6-16)34-21-18-9-12-37(22-19(25(29,30)31)2-1-11-33-22)13-10-20(18)35-23(32,36-21)14-15-3-4-15/h1-2,5-8,11,15,35H,3-4,9-10,12-14,32H2,(H,34,36). The number of pyridine rings is 1. The van der Waals surface area contributed by atoms with Crippen LogP contribution < -0.4 is 21.3 Å². The number of halogens is 6. The molecule has 0 saturated heterocycles. The molecule has 2 aromatic rings. The summed E-state index contributed by atoms with van der Waals surface area (Å²) in [6, 6.07) is 6.87. The second-order valence-electron chi connectivity index (χ2n) is 9.67. The smallest absolute Gasteiger partial charge is 0.355 e. The number of amidine groups is 1. The maximum atomic E-state index is 13.6. The fraction of sp³-hybridized carbons (Fsp3) is 0.440. The number of nitrogens with one attached hydrogen (secondary N) is 2. The van der Waals surface area contributed by atoms with Gasteiger partial charge in [-0.3, -0.25) is 5.73 Å². The van der Waals surface area contributed by atoms with Crippen molar-refractivity contribution in [3.05, 3.63) is 65.0 Å². The fourth-order valence-electron chi connectivity index (χ4n) is 4.79. The summed E-state index contributed by atoms with van der Waals surface area (Å²) >= 11 is 0. The van der Waals surface area contributed by atoms with E-state index in [1.54, 1.807) is 4.90 Å². The fourth-order valence-corrected chi connectivity index (χ4v) is 4.79. The summed E-state index contributed by atoms with van der Waals surface area (Å²) in [5, 5.41) is 6.43. The van der Waals surface area contributed by atoms with Gasteiger partial charge in [-0.1, -0.05) is 0 Å². The Balaban J connectivity index is 1.42. The lowest BCUT2D eigenvalue weighted by atomic mass is 10.0. The average Bonchev–Trinajstić information content (AvgIpc) is 3.65. The van der Waals surface area contributed by atoms with E-state index in [4.69, 9.17) is 10.7 Å². The maximum absolute atomic E-state index is 13.6. The maximum Gasteiger partial charge on any atom is 0.419 e. The molecular formula is C25H26F6N6. The van der Waals surface area contributed by atoms with Gasteiger partial charge in [0.25, 0.3) is 0 Å². The van der Waals surface area contributed by atoms with Crippen molar-refractivity contribution in [2.75, 3.05) is 23.3 Å². The van der Waals surface area contributed by atoms with Crippen molar-refractivity contribution < 1.29 is 26.3 Å². The molecule has 198 valence electrons. The molecule has 1 fully saturated rings. The Morgan fingerprint density at radius 2 is 1.70 bits per heavy atom. The van der Waals surface area contributed by atoms with Gasteiger partial charge in [-0.2, -0.15) is 26.3 Å². The predicted molar refractivity (Wildman–Crippen MR) is 128 cm³/mol. The summed E-state index contributed by atoms with van der Waals surface area (Å²) < 4.78 is 79.9. The molecule has 12 heteroatoms. The van der Waals surface area contributed by atoms with Crippen molar-refractivity contribution in [1.82, 2.24) is 10.3 Å². The lowest BCUT2D eigenvalue weighted by molar-refractivity contribution is -0.138. The van der Waals surface area contributed by atoms with Crippen LogP contribution in [-0.2, 0) is 12.4 Å². The highest BCUT2D eigenvalue weighted by Crippen LogP contribution is 2.39. The number of alkyl halides is 6. The molecule has 6 nitrogen and oxygen atoms in total. The molecule has 1 atom stereocenters. The zero-order valence-electron chi connectivity index (χ0n) is 19.8. The van der Waals surface area contributed by atoms with Gasteiger partial charge >= 0.3 is 12.4 Å². The quantitative estimate of drug-likeness (QED) is 0.461. The van der Waals surface area contributed by atoms with Crippen LogP contribution >= 0.6 is 0 Å². The lowest BCUT2D eigenvalue weighted by Crippen LogP contribution is -2.55. The molecule has 1 aliphatic carbocycles. The number of rotatable bonds is 4. The van der Waals surface area contributed by atoms with Gasteiger partial charge in [0.15, 0.2) is 5.79 Å². The largest absolute Gasteiger partial charge is 0.419 e. The molecule has 1 aromatic carbocycles. The molecular weight excluding hydrogens is 498 g/mol. The second kappa shape index (κ2) is 9.23. The van der Waals surface area contributed by atoms with E-state index in [9.17, 15) is 26.3 Å². The Morgan fingerprint density at radius 3 is 2.35 bits per heavy atom. The van der Waals surface area contributed by atoms with E-state index < -0.39 is 29.3 Å². The molecule has 3 heterocycles. The SMILES string of the molecule is NC1(CC2CC2)N=C(Nc2ccc(C(F)(F)F)cc2)C2=C(CCN(c3ncccc3C(F)(F)F)CC2)N1. The van der Waals surface area contributed by atoms with Crippen LogP contribution in [0.4, 0.5) is 37.8 Å². The summed E-state index contributed by atoms with van der Waals surface area (Å²) in [5.74, 6) is -0.427. The molecule has 37 heavy (non-hydrogen) atoms. The molecule has 2 aliphatic heterocycles. The molecule has 0 spiro atoms. The minimum absolute atomic E-state index is 0.138. The summed E-state index contributed by atoms with van der Waals surface area (Å²) in [6.07, 6.45) is -4.31. The Bertz CT molecular complexity index is 1220. The molecule has 1 saturated carbocycles. The van der Waals surface area contributed by atoms with E-state index in [0.717, 1.165) is 42.3 Å². The molecule has 5 rings (SSSR count). The Kier molecular flexibility index (Phi) is 6.33. The third-order valence-electron chi connectivity index (χ3n) is 6.76. The highest BCUT2D eigenvalue weighted by atomic mass is 19.4. The first-order valence-corrected chi connectivity index (χ1v) is 12.0. The third kappa shape index (κ3) is 5.68. The van der Waals surface area contributed by atoms with Gasteiger partial charge in [0, 0.05) is 49.1 Å². The van der Waals surface area contributed by atoms with E-state index in [0.29, 0.717) is 36.7 Å². The van der Waals surface area contributed by atoms with Crippen molar-refractivity contribution in [2.24, 2.45) is 16.6 Å². The number of benzene rings is 1. The van der Waals surface area contributed by atoms with Crippen molar-refractivity contribution in [2.45, 2.75) is 50.2 Å². The normalized spacial score (nSPS) is 22.7. The molecule has 4 N–H and O–H groups in total. The van der Waals surface area contributed by atoms with Crippen molar-refractivity contribution in [3.8, 4) is 0 Å². The summed E-state index contributed by atoms with van der Waals surface area (Å²) in [7, 11) is 0. The Hall–Kier alpha value is -3.28. The van der Waals surface area contributed by atoms with Crippen LogP contribution in [-0.4, -0.2) is 29.7 Å². The van der Waals surface area contributed by atoms with Crippen LogP contribution in [0.25, 0.3) is 0 Å². The number of hydrogen-bond donors (Lipinski definition) is 3. The van der Waals surface area contributed by atoms with Crippen LogP contribution in [0.1, 0.15) is 43.2 Å². The predicted octanol–water partition coefficient (Wildman–Crippen LogP) is 5.50. The molecule has 0 amide bonds. The molecule has 1 aromatic heterocycles. The van der Waals surface area contributed by atoms with Crippen LogP contribution in [0.15, 0.2) is 58.9 Å². The van der Waals surface area contributed by atoms with Gasteiger partial charge < -0.3 is 15.5 Å². The zero-order valence-corrected chi connectivity index (χ0v) is 19.8. The Labute approximate surface area is 209 Å². The first-order valence-electron chi connectivity index (χ1n) is 12.0. The third-order valence-corrected chi connectivity index (χ3v) is 6.76. The number of nitrogens with two attached hydrogens (primary N) is 1. The highest BCUT2D eigenvalue weighted by molar-refractivity contribution is 6.09. The number of hydrogen-bond acceptors (Lipinski definition) is 6. The number of anilines is 2. The summed E-state index contributed by atoms with van der Waals surface area (Å²) in [5.41, 5.74) is 6.94. The van der Waals surface area contributed by atoms with Crippen LogP contribution in [0.2, 0.25) is 0 Å². The van der Waals surface area contributed by atoms with Gasteiger partial charge in [0.2, 0.25) is 0 Å². The molecule has 1 unspecified atom stereocenters. The first-order chi connectivity index (χ1) is 17.4. The summed E-state index contributed by atoms with van der Waals surface area (Å²) in [4.78, 5) is 10.3. The molecule has 0 radical (unpaired) electrons. The number of nitrogens with zero attached hydrogens (tertiary/aromatic N) is 3. The van der Waals surface area contributed by atoms with Gasteiger partial charge in [-0.05, 0) is 61.6 Å². The van der Waals surface area contributed by atoms with Crippen LogP contribution in [0, 0.1) is 5.92 Å². The van der Waals surface area contributed by atoms with Gasteiger partial charge in [0.1, 0.15) is 11.7 Å². The Morgan fingerprint density at radius 1 is 1.00 bits per heavy atom. The van der Waals surface area contributed by atoms with Crippen molar-refractivity contribution in [1.29, 1.82) is 0 Å². The van der Waals surface area contributed by atoms with E-state index in [-0.39, 0.29) is 18.9 Å². The minimum atomic E-state index is -4.55.